The fraction of sp³-hybridized carbons (Fsp3) is 0.333. The number of benzene rings is 1. The molecule has 0 atom stereocenters. The Morgan fingerprint density at radius 1 is 0.960 bits per heavy atom. The second kappa shape index (κ2) is 7.61. The third-order valence-electron chi connectivity index (χ3n) is 4.32. The number of furan rings is 1. The van der Waals surface area contributed by atoms with Crippen LogP contribution in [0.4, 0.5) is 5.69 Å². The van der Waals surface area contributed by atoms with Gasteiger partial charge in [0.1, 0.15) is 11.5 Å². The molecule has 2 N–H and O–H groups in total. The Morgan fingerprint density at radius 2 is 1.48 bits per heavy atom. The first kappa shape index (κ1) is 18.9. The number of amides is 2. The molecule has 0 spiro atoms. The van der Waals surface area contributed by atoms with Gasteiger partial charge in [0, 0.05) is 31.9 Å². The van der Waals surface area contributed by atoms with Gasteiger partial charge in [-0.15, -0.1) is 12.4 Å². The minimum Gasteiger partial charge on any atom is -0.466 e. The molecular formula is C18H22ClN3O3. The summed E-state index contributed by atoms with van der Waals surface area (Å²) < 4.78 is 5.43. The molecule has 6 nitrogen and oxygen atoms in total. The van der Waals surface area contributed by atoms with Crippen molar-refractivity contribution in [2.24, 2.45) is 0 Å². The highest BCUT2D eigenvalue weighted by Crippen LogP contribution is 2.19. The Hall–Kier alpha value is -2.47. The predicted octanol–water partition coefficient (Wildman–Crippen LogP) is 2.50. The summed E-state index contributed by atoms with van der Waals surface area (Å²) in [4.78, 5) is 28.6. The Morgan fingerprint density at radius 3 is 1.96 bits per heavy atom. The van der Waals surface area contributed by atoms with Crippen molar-refractivity contribution in [3.05, 3.63) is 53.0 Å². The number of rotatable bonds is 2. The van der Waals surface area contributed by atoms with Crippen LogP contribution in [-0.2, 0) is 0 Å². The molecule has 134 valence electrons. The molecule has 1 aromatic carbocycles. The molecule has 0 saturated carbocycles. The number of nitrogen functional groups attached to an aromatic ring is 1. The number of carbonyl (C=O) groups is 2. The lowest BCUT2D eigenvalue weighted by atomic mass is 10.1. The van der Waals surface area contributed by atoms with E-state index in [-0.39, 0.29) is 24.2 Å². The van der Waals surface area contributed by atoms with E-state index in [1.807, 2.05) is 6.92 Å². The molecule has 1 aliphatic heterocycles. The zero-order chi connectivity index (χ0) is 17.3. The van der Waals surface area contributed by atoms with Crippen molar-refractivity contribution in [1.82, 2.24) is 9.80 Å². The predicted molar refractivity (Wildman–Crippen MR) is 98.1 cm³/mol. The third kappa shape index (κ3) is 3.79. The van der Waals surface area contributed by atoms with Crippen molar-refractivity contribution in [1.29, 1.82) is 0 Å². The molecule has 2 heterocycles. The van der Waals surface area contributed by atoms with Gasteiger partial charge in [-0.2, -0.15) is 0 Å². The van der Waals surface area contributed by atoms with Gasteiger partial charge in [0.25, 0.3) is 11.8 Å². The number of hydrogen-bond acceptors (Lipinski definition) is 4. The van der Waals surface area contributed by atoms with Crippen molar-refractivity contribution in [2.45, 2.75) is 13.8 Å². The largest absolute Gasteiger partial charge is 0.466 e. The van der Waals surface area contributed by atoms with Gasteiger partial charge >= 0.3 is 0 Å². The fourth-order valence-corrected chi connectivity index (χ4v) is 2.99. The topological polar surface area (TPSA) is 79.8 Å². The number of para-hydroxylation sites is 1. The first-order valence-electron chi connectivity index (χ1n) is 7.97. The maximum atomic E-state index is 12.6. The van der Waals surface area contributed by atoms with E-state index in [9.17, 15) is 9.59 Å². The molecule has 2 aromatic rings. The summed E-state index contributed by atoms with van der Waals surface area (Å²) in [6.07, 6.45) is 0. The zero-order valence-electron chi connectivity index (χ0n) is 14.3. The molecule has 1 fully saturated rings. The molecule has 1 saturated heterocycles. The van der Waals surface area contributed by atoms with Crippen LogP contribution in [0.2, 0.25) is 0 Å². The number of nitrogens with zero attached hydrogens (tertiary/aromatic N) is 2. The van der Waals surface area contributed by atoms with Gasteiger partial charge in [-0.25, -0.2) is 0 Å². The van der Waals surface area contributed by atoms with E-state index in [2.05, 4.69) is 0 Å². The van der Waals surface area contributed by atoms with Crippen molar-refractivity contribution in [2.75, 3.05) is 31.9 Å². The molecule has 1 aromatic heterocycles. The monoisotopic (exact) mass is 363 g/mol. The summed E-state index contributed by atoms with van der Waals surface area (Å²) in [5.41, 5.74) is 7.46. The van der Waals surface area contributed by atoms with Crippen LogP contribution >= 0.6 is 12.4 Å². The lowest BCUT2D eigenvalue weighted by Crippen LogP contribution is -2.50. The Kier molecular flexibility index (Phi) is 5.74. The van der Waals surface area contributed by atoms with Crippen molar-refractivity contribution >= 4 is 29.9 Å². The van der Waals surface area contributed by atoms with Crippen LogP contribution in [0.3, 0.4) is 0 Å². The highest BCUT2D eigenvalue weighted by Gasteiger charge is 2.27. The second-order valence-electron chi connectivity index (χ2n) is 6.00. The van der Waals surface area contributed by atoms with Gasteiger partial charge in [-0.3, -0.25) is 9.59 Å². The average Bonchev–Trinajstić information content (AvgIpc) is 2.92. The molecule has 3 rings (SSSR count). The molecule has 0 aliphatic carbocycles. The van der Waals surface area contributed by atoms with E-state index in [0.29, 0.717) is 48.8 Å². The number of carbonyl (C=O) groups excluding carboxylic acids is 2. The Bertz CT molecular complexity index is 780. The summed E-state index contributed by atoms with van der Waals surface area (Å²) >= 11 is 0. The summed E-state index contributed by atoms with van der Waals surface area (Å²) in [7, 11) is 0. The average molecular weight is 364 g/mol. The number of hydrogen-bond donors (Lipinski definition) is 1. The number of halogens is 1. The molecular weight excluding hydrogens is 342 g/mol. The SMILES string of the molecule is Cc1cc(C(=O)N2CCN(C(=O)c3ccccc3N)CC2)c(C)o1.Cl. The molecule has 0 radical (unpaired) electrons. The summed E-state index contributed by atoms with van der Waals surface area (Å²) in [6.45, 7) is 5.61. The van der Waals surface area contributed by atoms with Crippen LogP contribution in [0.1, 0.15) is 32.2 Å². The van der Waals surface area contributed by atoms with Crippen LogP contribution in [-0.4, -0.2) is 47.8 Å². The molecule has 2 amide bonds. The lowest BCUT2D eigenvalue weighted by Gasteiger charge is -2.35. The van der Waals surface area contributed by atoms with Gasteiger partial charge in [0.2, 0.25) is 0 Å². The second-order valence-corrected chi connectivity index (χ2v) is 6.00. The quantitative estimate of drug-likeness (QED) is 0.831. The van der Waals surface area contributed by atoms with Crippen molar-refractivity contribution in [3.8, 4) is 0 Å². The highest BCUT2D eigenvalue weighted by atomic mass is 35.5. The van der Waals surface area contributed by atoms with E-state index in [4.69, 9.17) is 10.2 Å². The van der Waals surface area contributed by atoms with Crippen LogP contribution in [0.25, 0.3) is 0 Å². The Labute approximate surface area is 153 Å². The molecule has 25 heavy (non-hydrogen) atoms. The van der Waals surface area contributed by atoms with Crippen LogP contribution in [0.5, 0.6) is 0 Å². The first-order valence-corrected chi connectivity index (χ1v) is 7.97. The number of aryl methyl sites for hydroxylation is 2. The van der Waals surface area contributed by atoms with Gasteiger partial charge in [0.05, 0.1) is 11.1 Å². The van der Waals surface area contributed by atoms with Gasteiger partial charge in [0.15, 0.2) is 0 Å². The highest BCUT2D eigenvalue weighted by molar-refractivity contribution is 5.99. The number of anilines is 1. The zero-order valence-corrected chi connectivity index (χ0v) is 15.1. The van der Waals surface area contributed by atoms with E-state index in [1.54, 1.807) is 47.1 Å². The van der Waals surface area contributed by atoms with Crippen molar-refractivity contribution in [3.63, 3.8) is 0 Å². The molecule has 0 bridgehead atoms. The summed E-state index contributed by atoms with van der Waals surface area (Å²) in [5.74, 6) is 1.23. The van der Waals surface area contributed by atoms with E-state index in [0.717, 1.165) is 5.76 Å². The summed E-state index contributed by atoms with van der Waals surface area (Å²) in [5, 5.41) is 0. The molecule has 7 heteroatoms. The standard InChI is InChI=1S/C18H21N3O3.ClH/c1-12-11-15(13(2)24-12)18(23)21-9-7-20(8-10-21)17(22)14-5-3-4-6-16(14)19;/h3-6,11H,7-10,19H2,1-2H3;1H. The van der Waals surface area contributed by atoms with Crippen LogP contribution in [0.15, 0.2) is 34.7 Å². The van der Waals surface area contributed by atoms with E-state index in [1.165, 1.54) is 0 Å². The normalized spacial score (nSPS) is 14.2. The van der Waals surface area contributed by atoms with Gasteiger partial charge in [-0.1, -0.05) is 12.1 Å². The maximum absolute atomic E-state index is 12.6. The Balaban J connectivity index is 0.00000225. The van der Waals surface area contributed by atoms with E-state index >= 15 is 0 Å². The number of nitrogens with two attached hydrogens (primary N) is 1. The van der Waals surface area contributed by atoms with Gasteiger partial charge in [-0.05, 0) is 32.0 Å². The van der Waals surface area contributed by atoms with Crippen molar-refractivity contribution < 1.29 is 14.0 Å². The first-order chi connectivity index (χ1) is 11.5. The smallest absolute Gasteiger partial charge is 0.257 e. The molecule has 1 aliphatic rings. The lowest BCUT2D eigenvalue weighted by molar-refractivity contribution is 0.0535. The van der Waals surface area contributed by atoms with Crippen LogP contribution in [0, 0.1) is 13.8 Å². The summed E-state index contributed by atoms with van der Waals surface area (Å²) in [6, 6.07) is 8.81. The maximum Gasteiger partial charge on any atom is 0.257 e. The van der Waals surface area contributed by atoms with Gasteiger partial charge < -0.3 is 20.0 Å². The number of piperazine rings is 1. The molecule has 0 unspecified atom stereocenters. The minimum absolute atomic E-state index is 0. The van der Waals surface area contributed by atoms with Crippen LogP contribution < -0.4 is 5.73 Å². The minimum atomic E-state index is -0.0875. The van der Waals surface area contributed by atoms with E-state index < -0.39 is 0 Å². The third-order valence-corrected chi connectivity index (χ3v) is 4.32. The fourth-order valence-electron chi connectivity index (χ4n) is 2.99.